The van der Waals surface area contributed by atoms with Gasteiger partial charge in [-0.2, -0.15) is 0 Å². The molecular weight excluding hydrogens is 188 g/mol. The lowest BCUT2D eigenvalue weighted by Crippen LogP contribution is -2.44. The smallest absolute Gasteiger partial charge is 0.0000377 e. The Bertz CT molecular complexity index is 212. The van der Waals surface area contributed by atoms with E-state index >= 15 is 0 Å². The Hall–Kier alpha value is 0.350. The molecule has 3 atom stereocenters. The van der Waals surface area contributed by atoms with Gasteiger partial charge in [0.2, 0.25) is 0 Å². The lowest BCUT2D eigenvalue weighted by Gasteiger charge is -2.57. The Morgan fingerprint density at radius 3 is 2.50 bits per heavy atom. The summed E-state index contributed by atoms with van der Waals surface area (Å²) in [5, 5.41) is 0. The quantitative estimate of drug-likeness (QED) is 0.618. The molecule has 2 saturated carbocycles. The summed E-state index contributed by atoms with van der Waals surface area (Å²) in [4.78, 5) is 0. The van der Waals surface area contributed by atoms with E-state index in [2.05, 4.69) is 25.7 Å². The van der Waals surface area contributed by atoms with Crippen molar-refractivity contribution < 1.29 is 0 Å². The fourth-order valence-corrected chi connectivity index (χ4v) is 6.20. The number of fused-ring (bicyclic) bond motifs is 2. The summed E-state index contributed by atoms with van der Waals surface area (Å²) < 4.78 is 0.771. The van der Waals surface area contributed by atoms with Gasteiger partial charge in [0, 0.05) is 4.75 Å². The molecule has 14 heavy (non-hydrogen) atoms. The summed E-state index contributed by atoms with van der Waals surface area (Å²) in [6, 6.07) is 0. The van der Waals surface area contributed by atoms with E-state index < -0.39 is 0 Å². The van der Waals surface area contributed by atoms with E-state index in [9.17, 15) is 0 Å². The van der Waals surface area contributed by atoms with Crippen molar-refractivity contribution in [1.82, 2.24) is 0 Å². The first-order valence-electron chi connectivity index (χ1n) is 6.11. The van der Waals surface area contributed by atoms with Crippen LogP contribution in [0.4, 0.5) is 0 Å². The van der Waals surface area contributed by atoms with Gasteiger partial charge in [0.15, 0.2) is 0 Å². The van der Waals surface area contributed by atoms with Crippen molar-refractivity contribution >= 4 is 10.0 Å². The summed E-state index contributed by atoms with van der Waals surface area (Å²) in [6.07, 6.45) is 16.8. The minimum atomic E-state index is -0.352. The van der Waals surface area contributed by atoms with Crippen LogP contribution in [-0.2, 0) is 0 Å². The first-order chi connectivity index (χ1) is 6.43. The average Bonchev–Trinajstić information content (AvgIpc) is 2.00. The lowest BCUT2D eigenvalue weighted by atomic mass is 9.68. The third kappa shape index (κ3) is 1.73. The second-order valence-electron chi connectivity index (χ2n) is 6.53. The maximum Gasteiger partial charge on any atom is 0.0000377 e. The van der Waals surface area contributed by atoms with Crippen LogP contribution in [0.25, 0.3) is 0 Å². The average molecular weight is 214 g/mol. The van der Waals surface area contributed by atoms with Gasteiger partial charge in [0.1, 0.15) is 0 Å². The maximum absolute atomic E-state index is 2.55. The molecule has 0 radical (unpaired) electrons. The van der Waals surface area contributed by atoms with Gasteiger partial charge in [0.25, 0.3) is 0 Å². The summed E-state index contributed by atoms with van der Waals surface area (Å²) in [5.41, 5.74) is 0. The van der Waals surface area contributed by atoms with E-state index in [4.69, 9.17) is 0 Å². The van der Waals surface area contributed by atoms with Crippen LogP contribution >= 0.6 is 10.0 Å². The van der Waals surface area contributed by atoms with Crippen LogP contribution in [0.1, 0.15) is 45.4 Å². The predicted octanol–water partition coefficient (Wildman–Crippen LogP) is 4.04. The van der Waals surface area contributed by atoms with Crippen LogP contribution in [0.5, 0.6) is 0 Å². The molecule has 0 N–H and O–H groups in total. The fourth-order valence-electron chi connectivity index (χ4n) is 3.92. The molecule has 0 spiro atoms. The van der Waals surface area contributed by atoms with Gasteiger partial charge in [-0.15, -0.1) is 0 Å². The largest absolute Gasteiger partial charge is 0.244 e. The molecule has 0 aromatic heterocycles. The van der Waals surface area contributed by atoms with Crippen molar-refractivity contribution in [2.75, 3.05) is 18.8 Å². The Balaban J connectivity index is 2.23. The summed E-state index contributed by atoms with van der Waals surface area (Å²) >= 11 is 0. The Morgan fingerprint density at radius 2 is 1.86 bits per heavy atom. The van der Waals surface area contributed by atoms with Gasteiger partial charge < -0.3 is 0 Å². The van der Waals surface area contributed by atoms with Crippen molar-refractivity contribution in [2.24, 2.45) is 11.8 Å². The van der Waals surface area contributed by atoms with E-state index in [1.54, 1.807) is 6.42 Å². The van der Waals surface area contributed by atoms with E-state index in [0.717, 1.165) is 16.6 Å². The Labute approximate surface area is 91.2 Å². The molecule has 3 unspecified atom stereocenters. The van der Waals surface area contributed by atoms with Crippen LogP contribution in [0.2, 0.25) is 0 Å². The lowest BCUT2D eigenvalue weighted by molar-refractivity contribution is 0.168. The van der Waals surface area contributed by atoms with Crippen molar-refractivity contribution in [1.29, 1.82) is 0 Å². The van der Waals surface area contributed by atoms with E-state index in [1.807, 2.05) is 0 Å². The highest BCUT2D eigenvalue weighted by molar-refractivity contribution is 8.33. The molecule has 84 valence electrons. The minimum absolute atomic E-state index is 0.352. The monoisotopic (exact) mass is 214 g/mol. The van der Waals surface area contributed by atoms with E-state index in [0.29, 0.717) is 0 Å². The van der Waals surface area contributed by atoms with Crippen LogP contribution in [0, 0.1) is 11.8 Å². The van der Waals surface area contributed by atoms with E-state index in [1.165, 1.54) is 32.1 Å². The third-order valence-electron chi connectivity index (χ3n) is 4.66. The maximum atomic E-state index is 2.55. The third-order valence-corrected chi connectivity index (χ3v) is 7.80. The highest BCUT2D eigenvalue weighted by Gasteiger charge is 2.46. The highest BCUT2D eigenvalue weighted by atomic mass is 32.3. The molecule has 2 fully saturated rings. The fraction of sp³-hybridized carbons (Fsp3) is 1.00. The summed E-state index contributed by atoms with van der Waals surface area (Å²) in [6.45, 7) is 2.48. The van der Waals surface area contributed by atoms with Crippen LogP contribution in [-0.4, -0.2) is 23.5 Å². The topological polar surface area (TPSA) is 0 Å². The molecule has 0 aromatic rings. The molecule has 0 aliphatic heterocycles. The summed E-state index contributed by atoms with van der Waals surface area (Å²) in [7, 11) is -0.352. The van der Waals surface area contributed by atoms with Gasteiger partial charge in [-0.3, -0.25) is 0 Å². The predicted molar refractivity (Wildman–Crippen MR) is 68.5 cm³/mol. The minimum Gasteiger partial charge on any atom is -0.244 e. The van der Waals surface area contributed by atoms with Gasteiger partial charge >= 0.3 is 0 Å². The second kappa shape index (κ2) is 3.43. The van der Waals surface area contributed by atoms with Gasteiger partial charge in [-0.05, 0) is 56.3 Å². The molecule has 2 bridgehead atoms. The van der Waals surface area contributed by atoms with Gasteiger partial charge in [0.05, 0.1) is 0 Å². The summed E-state index contributed by atoms with van der Waals surface area (Å²) in [5.74, 6) is 2.08. The van der Waals surface area contributed by atoms with Crippen LogP contribution in [0.3, 0.4) is 0 Å². The molecule has 0 aromatic carbocycles. The van der Waals surface area contributed by atoms with Crippen molar-refractivity contribution in [3.63, 3.8) is 0 Å². The molecule has 1 heteroatoms. The molecule has 0 heterocycles. The molecule has 2 rings (SSSR count). The molecular formula is C13H26S. The Kier molecular flexibility index (Phi) is 2.66. The molecule has 2 aliphatic rings. The van der Waals surface area contributed by atoms with E-state index in [-0.39, 0.29) is 10.0 Å². The van der Waals surface area contributed by atoms with Crippen LogP contribution in [0.15, 0.2) is 0 Å². The first kappa shape index (κ1) is 10.9. The number of hydrogen-bond acceptors (Lipinski definition) is 0. The SMILES string of the molecule is CC1CC2CCCC(S(C)(C)C)(C1)C2. The zero-order chi connectivity index (χ0) is 10.4. The van der Waals surface area contributed by atoms with Crippen molar-refractivity contribution in [2.45, 2.75) is 50.2 Å². The zero-order valence-corrected chi connectivity index (χ0v) is 11.1. The Morgan fingerprint density at radius 1 is 1.14 bits per heavy atom. The molecule has 0 nitrogen and oxygen atoms in total. The second-order valence-corrected chi connectivity index (χ2v) is 11.1. The standard InChI is InChI=1S/C13H26S/c1-11-8-12-6-5-7-13(9-11,10-12)14(2,3)4/h11-12H,5-10H2,1-4H3. The normalized spacial score (nSPS) is 44.9. The highest BCUT2D eigenvalue weighted by Crippen LogP contribution is 2.63. The van der Waals surface area contributed by atoms with Crippen LogP contribution < -0.4 is 0 Å². The zero-order valence-electron chi connectivity index (χ0n) is 10.3. The van der Waals surface area contributed by atoms with Crippen molar-refractivity contribution in [3.05, 3.63) is 0 Å². The molecule has 0 saturated heterocycles. The molecule has 0 amide bonds. The van der Waals surface area contributed by atoms with Gasteiger partial charge in [-0.25, -0.2) is 10.0 Å². The first-order valence-corrected chi connectivity index (χ1v) is 8.97. The van der Waals surface area contributed by atoms with Crippen molar-refractivity contribution in [3.8, 4) is 0 Å². The number of rotatable bonds is 1. The van der Waals surface area contributed by atoms with Gasteiger partial charge in [-0.1, -0.05) is 19.8 Å². The molecule has 2 aliphatic carbocycles. The number of hydrogen-bond donors (Lipinski definition) is 0.